The molecule has 0 saturated carbocycles. The third-order valence-electron chi connectivity index (χ3n) is 4.56. The minimum atomic E-state index is -0.775. The van der Waals surface area contributed by atoms with Crippen molar-refractivity contribution in [2.75, 3.05) is 25.5 Å². The standard InChI is InChI=1S/C21H24N4O3/c1-25-13-11-18(12-14-25)23-24-21(27)20(26)22-17-7-9-19(10-8-17)28-15-16-5-3-2-4-6-16/h2-10H,11-15H2,1H3,(H,22,26)(H,24,27)/p+1. The zero-order valence-corrected chi connectivity index (χ0v) is 15.9. The monoisotopic (exact) mass is 381 g/mol. The van der Waals surface area contributed by atoms with Crippen molar-refractivity contribution in [3.63, 3.8) is 0 Å². The topological polar surface area (TPSA) is 84.2 Å². The molecule has 3 N–H and O–H groups in total. The van der Waals surface area contributed by atoms with Crippen LogP contribution < -0.4 is 20.4 Å². The van der Waals surface area contributed by atoms with Crippen molar-refractivity contribution in [2.24, 2.45) is 5.10 Å². The SMILES string of the molecule is C[NH+]1CCC(=NNC(=O)C(=O)Nc2ccc(OCc3ccccc3)cc2)CC1. The number of carbonyl (C=O) groups is 2. The van der Waals surface area contributed by atoms with Gasteiger partial charge < -0.3 is 15.0 Å². The lowest BCUT2D eigenvalue weighted by atomic mass is 10.1. The van der Waals surface area contributed by atoms with Crippen LogP contribution in [0.5, 0.6) is 5.75 Å². The van der Waals surface area contributed by atoms with E-state index in [2.05, 4.69) is 22.9 Å². The number of hydrazone groups is 1. The van der Waals surface area contributed by atoms with Gasteiger partial charge in [-0.2, -0.15) is 5.10 Å². The molecule has 0 aromatic heterocycles. The average molecular weight is 381 g/mol. The molecule has 2 aromatic carbocycles. The maximum atomic E-state index is 12.0. The van der Waals surface area contributed by atoms with E-state index >= 15 is 0 Å². The highest BCUT2D eigenvalue weighted by molar-refractivity contribution is 6.39. The Hall–Kier alpha value is -3.19. The van der Waals surface area contributed by atoms with Gasteiger partial charge in [0.2, 0.25) is 0 Å². The van der Waals surface area contributed by atoms with Crippen molar-refractivity contribution < 1.29 is 19.2 Å². The van der Waals surface area contributed by atoms with Crippen LogP contribution in [0.15, 0.2) is 59.7 Å². The minimum absolute atomic E-state index is 0.465. The molecule has 0 atom stereocenters. The molecule has 146 valence electrons. The van der Waals surface area contributed by atoms with E-state index in [1.54, 1.807) is 24.3 Å². The molecule has 0 aliphatic carbocycles. The van der Waals surface area contributed by atoms with Gasteiger partial charge in [-0.25, -0.2) is 5.43 Å². The lowest BCUT2D eigenvalue weighted by Crippen LogP contribution is -3.10. The van der Waals surface area contributed by atoms with Gasteiger partial charge in [0.1, 0.15) is 12.4 Å². The van der Waals surface area contributed by atoms with Gasteiger partial charge in [-0.3, -0.25) is 9.59 Å². The highest BCUT2D eigenvalue weighted by Gasteiger charge is 2.17. The summed E-state index contributed by atoms with van der Waals surface area (Å²) in [5, 5.41) is 6.63. The fourth-order valence-electron chi connectivity index (χ4n) is 2.82. The molecule has 7 heteroatoms. The molecule has 1 aliphatic heterocycles. The first-order chi connectivity index (χ1) is 13.6. The second-order valence-electron chi connectivity index (χ2n) is 6.83. The number of rotatable bonds is 5. The van der Waals surface area contributed by atoms with Crippen molar-refractivity contribution in [3.8, 4) is 5.75 Å². The number of nitrogens with one attached hydrogen (secondary N) is 3. The predicted molar refractivity (Wildman–Crippen MR) is 107 cm³/mol. The molecule has 3 rings (SSSR count). The zero-order chi connectivity index (χ0) is 19.8. The normalized spacial score (nSPS) is 16.2. The number of nitrogens with zero attached hydrogens (tertiary/aromatic N) is 1. The highest BCUT2D eigenvalue weighted by Crippen LogP contribution is 2.17. The first kappa shape index (κ1) is 19.6. The molecule has 1 saturated heterocycles. The maximum Gasteiger partial charge on any atom is 0.329 e. The second-order valence-corrected chi connectivity index (χ2v) is 6.83. The van der Waals surface area contributed by atoms with Gasteiger partial charge in [0.15, 0.2) is 0 Å². The summed E-state index contributed by atoms with van der Waals surface area (Å²) in [5.74, 6) is -0.842. The van der Waals surface area contributed by atoms with Gasteiger partial charge in [0, 0.05) is 24.2 Å². The van der Waals surface area contributed by atoms with Gasteiger partial charge in [-0.15, -0.1) is 0 Å². The van der Waals surface area contributed by atoms with Gasteiger partial charge in [-0.05, 0) is 29.8 Å². The van der Waals surface area contributed by atoms with E-state index < -0.39 is 11.8 Å². The number of ether oxygens (including phenoxy) is 1. The van der Waals surface area contributed by atoms with Crippen LogP contribution in [-0.2, 0) is 16.2 Å². The van der Waals surface area contributed by atoms with Crippen LogP contribution in [0.2, 0.25) is 0 Å². The fourth-order valence-corrected chi connectivity index (χ4v) is 2.82. The first-order valence-electron chi connectivity index (χ1n) is 9.35. The Bertz CT molecular complexity index is 824. The second kappa shape index (κ2) is 9.66. The van der Waals surface area contributed by atoms with E-state index in [1.807, 2.05) is 30.3 Å². The van der Waals surface area contributed by atoms with E-state index in [0.29, 0.717) is 18.0 Å². The molecule has 7 nitrogen and oxygen atoms in total. The Kier molecular flexibility index (Phi) is 6.75. The Labute approximate surface area is 164 Å². The molecular weight excluding hydrogens is 356 g/mol. The largest absolute Gasteiger partial charge is 0.489 e. The van der Waals surface area contributed by atoms with Crippen molar-refractivity contribution in [1.82, 2.24) is 5.43 Å². The number of quaternary nitrogens is 1. The maximum absolute atomic E-state index is 12.0. The van der Waals surface area contributed by atoms with Crippen molar-refractivity contribution >= 4 is 23.2 Å². The predicted octanol–water partition coefficient (Wildman–Crippen LogP) is 0.985. The summed E-state index contributed by atoms with van der Waals surface area (Å²) in [5.41, 5.74) is 4.85. The molecule has 2 aromatic rings. The number of amides is 2. The molecule has 1 heterocycles. The van der Waals surface area contributed by atoms with Gasteiger partial charge >= 0.3 is 11.8 Å². The van der Waals surface area contributed by atoms with Crippen molar-refractivity contribution in [2.45, 2.75) is 19.4 Å². The molecule has 0 radical (unpaired) electrons. The minimum Gasteiger partial charge on any atom is -0.489 e. The van der Waals surface area contributed by atoms with Crippen LogP contribution in [0, 0.1) is 0 Å². The van der Waals surface area contributed by atoms with Crippen LogP contribution >= 0.6 is 0 Å². The van der Waals surface area contributed by atoms with Crippen LogP contribution in [0.4, 0.5) is 5.69 Å². The number of carbonyl (C=O) groups excluding carboxylic acids is 2. The lowest BCUT2D eigenvalue weighted by Gasteiger charge is -2.20. The molecule has 28 heavy (non-hydrogen) atoms. The summed E-state index contributed by atoms with van der Waals surface area (Å²) >= 11 is 0. The third-order valence-corrected chi connectivity index (χ3v) is 4.56. The van der Waals surface area contributed by atoms with E-state index in [4.69, 9.17) is 4.74 Å². The van der Waals surface area contributed by atoms with Crippen molar-refractivity contribution in [3.05, 3.63) is 60.2 Å². The molecular formula is C21H25N4O3+. The Morgan fingerprint density at radius 1 is 1.00 bits per heavy atom. The summed E-state index contributed by atoms with van der Waals surface area (Å²) in [4.78, 5) is 25.4. The highest BCUT2D eigenvalue weighted by atomic mass is 16.5. The summed E-state index contributed by atoms with van der Waals surface area (Å²) in [6.45, 7) is 2.44. The van der Waals surface area contributed by atoms with E-state index in [-0.39, 0.29) is 0 Å². The Morgan fingerprint density at radius 2 is 1.68 bits per heavy atom. The molecule has 1 aliphatic rings. The molecule has 0 spiro atoms. The Morgan fingerprint density at radius 3 is 2.36 bits per heavy atom. The number of piperidine rings is 1. The van der Waals surface area contributed by atoms with Crippen molar-refractivity contribution in [1.29, 1.82) is 0 Å². The van der Waals surface area contributed by atoms with Crippen LogP contribution in [0.25, 0.3) is 0 Å². The summed E-state index contributed by atoms with van der Waals surface area (Å²) in [7, 11) is 2.13. The van der Waals surface area contributed by atoms with E-state index in [9.17, 15) is 9.59 Å². The number of hydrogen-bond donors (Lipinski definition) is 3. The number of likely N-dealkylation sites (tertiary alicyclic amines) is 1. The smallest absolute Gasteiger partial charge is 0.329 e. The number of hydrogen-bond acceptors (Lipinski definition) is 4. The summed E-state index contributed by atoms with van der Waals surface area (Å²) in [6.07, 6.45) is 1.66. The summed E-state index contributed by atoms with van der Waals surface area (Å²) < 4.78 is 5.70. The van der Waals surface area contributed by atoms with E-state index in [0.717, 1.165) is 37.2 Å². The van der Waals surface area contributed by atoms with Gasteiger partial charge in [-0.1, -0.05) is 30.3 Å². The van der Waals surface area contributed by atoms with Crippen LogP contribution in [0.3, 0.4) is 0 Å². The molecule has 0 bridgehead atoms. The first-order valence-corrected chi connectivity index (χ1v) is 9.35. The van der Waals surface area contributed by atoms with Crippen LogP contribution in [0.1, 0.15) is 18.4 Å². The lowest BCUT2D eigenvalue weighted by molar-refractivity contribution is -0.880. The third kappa shape index (κ3) is 5.92. The number of benzene rings is 2. The quantitative estimate of drug-likeness (QED) is 0.533. The Balaban J connectivity index is 1.45. The zero-order valence-electron chi connectivity index (χ0n) is 15.9. The molecule has 2 amide bonds. The summed E-state index contributed by atoms with van der Waals surface area (Å²) in [6, 6.07) is 16.7. The van der Waals surface area contributed by atoms with Gasteiger partial charge in [0.25, 0.3) is 0 Å². The average Bonchev–Trinajstić information content (AvgIpc) is 2.73. The molecule has 1 fully saturated rings. The fraction of sp³-hybridized carbons (Fsp3) is 0.286. The number of anilines is 1. The van der Waals surface area contributed by atoms with Gasteiger partial charge in [0.05, 0.1) is 20.1 Å². The van der Waals surface area contributed by atoms with E-state index in [1.165, 1.54) is 4.90 Å². The van der Waals surface area contributed by atoms with Crippen LogP contribution in [-0.4, -0.2) is 37.7 Å². The molecule has 0 unspecified atom stereocenters.